The van der Waals surface area contributed by atoms with Crippen LogP contribution in [-0.4, -0.2) is 147 Å². The predicted octanol–water partition coefficient (Wildman–Crippen LogP) is 14.3. The first-order valence-corrected chi connectivity index (χ1v) is 31.6. The molecule has 82 heavy (non-hydrogen) atoms. The fraction of sp³-hybridized carbons (Fsp3) is 0.400. The average molecular weight is 1120 g/mol. The van der Waals surface area contributed by atoms with Crippen LogP contribution in [0.2, 0.25) is 0 Å². The molecule has 0 saturated carbocycles. The summed E-state index contributed by atoms with van der Waals surface area (Å²) < 4.78 is 12.0. The van der Waals surface area contributed by atoms with E-state index in [1.54, 1.807) is 0 Å². The van der Waals surface area contributed by atoms with Crippen molar-refractivity contribution in [2.75, 3.05) is 132 Å². The van der Waals surface area contributed by atoms with Gasteiger partial charge in [0, 0.05) is 152 Å². The van der Waals surface area contributed by atoms with Crippen molar-refractivity contribution < 1.29 is 9.47 Å². The lowest BCUT2D eigenvalue weighted by Gasteiger charge is -2.36. The van der Waals surface area contributed by atoms with Gasteiger partial charge < -0.3 is 39.1 Å². The normalized spacial score (nSPS) is 15.4. The number of hydrogen-bond acceptors (Lipinski definition) is 9. The summed E-state index contributed by atoms with van der Waals surface area (Å²) in [6, 6.07) is 51.7. The molecule has 0 amide bonds. The maximum absolute atomic E-state index is 6.00. The Morgan fingerprint density at radius 1 is 0.415 bits per heavy atom. The SMILES string of the molecule is CCc1ccccc1OCCCCN1CCN(c2cccc3[nH]ccc23)CC1.Cc1ccc(OCCCCN2CCN(c3cccc4[nH]ccc34)CC2)c(C)c1.c1ccc(SCCCCN2CCN(c3cccc4[nH]ccc34)CC2)cc1. The summed E-state index contributed by atoms with van der Waals surface area (Å²) in [5.74, 6) is 3.30. The lowest BCUT2D eigenvalue weighted by molar-refractivity contribution is 0.238. The molecule has 3 saturated heterocycles. The van der Waals surface area contributed by atoms with Gasteiger partial charge in [-0.2, -0.15) is 0 Å². The van der Waals surface area contributed by atoms with Crippen molar-refractivity contribution in [1.82, 2.24) is 29.7 Å². The lowest BCUT2D eigenvalue weighted by atomic mass is 10.1. The molecule has 9 aromatic rings. The summed E-state index contributed by atoms with van der Waals surface area (Å²) in [6.07, 6.45) is 14.3. The van der Waals surface area contributed by atoms with Crippen LogP contribution in [0, 0.1) is 13.8 Å². The van der Waals surface area contributed by atoms with Crippen molar-refractivity contribution in [3.8, 4) is 11.5 Å². The van der Waals surface area contributed by atoms with Gasteiger partial charge in [0.1, 0.15) is 11.5 Å². The third-order valence-electron chi connectivity index (χ3n) is 16.7. The molecule has 3 aliphatic rings. The van der Waals surface area contributed by atoms with E-state index in [0.717, 1.165) is 109 Å². The Morgan fingerprint density at radius 2 is 0.854 bits per heavy atom. The minimum atomic E-state index is 0.805. The van der Waals surface area contributed by atoms with Crippen LogP contribution in [0.4, 0.5) is 17.1 Å². The van der Waals surface area contributed by atoms with Gasteiger partial charge in [0.25, 0.3) is 0 Å². The first kappa shape index (κ1) is 58.4. The monoisotopic (exact) mass is 1120 g/mol. The number of H-pyrrole nitrogens is 3. The number of unbranched alkanes of at least 4 members (excludes halogenated alkanes) is 3. The summed E-state index contributed by atoms with van der Waals surface area (Å²) in [5.41, 5.74) is 11.6. The van der Waals surface area contributed by atoms with Gasteiger partial charge in [0.15, 0.2) is 0 Å². The van der Waals surface area contributed by atoms with E-state index in [9.17, 15) is 0 Å². The summed E-state index contributed by atoms with van der Waals surface area (Å²) in [5, 5.41) is 4.01. The molecular formula is C70H89N9O2S. The van der Waals surface area contributed by atoms with Crippen LogP contribution in [-0.2, 0) is 6.42 Å². The fourth-order valence-electron chi connectivity index (χ4n) is 12.0. The molecule has 3 N–H and O–H groups in total. The van der Waals surface area contributed by atoms with Crippen LogP contribution in [0.1, 0.15) is 62.1 Å². The summed E-state index contributed by atoms with van der Waals surface area (Å²) in [6.45, 7) is 25.2. The Kier molecular flexibility index (Phi) is 21.7. The molecule has 6 heterocycles. The van der Waals surface area contributed by atoms with Gasteiger partial charge in [-0.1, -0.05) is 79.2 Å². The Morgan fingerprint density at radius 3 is 1.32 bits per heavy atom. The molecule has 0 radical (unpaired) electrons. The van der Waals surface area contributed by atoms with Gasteiger partial charge in [-0.05, 0) is 174 Å². The van der Waals surface area contributed by atoms with Crippen molar-refractivity contribution in [3.63, 3.8) is 0 Å². The van der Waals surface area contributed by atoms with Crippen molar-refractivity contribution in [3.05, 3.63) is 181 Å². The number of anilines is 3. The van der Waals surface area contributed by atoms with Gasteiger partial charge >= 0.3 is 0 Å². The maximum atomic E-state index is 6.00. The van der Waals surface area contributed by atoms with Crippen molar-refractivity contribution >= 4 is 61.5 Å². The average Bonchev–Trinajstić information content (AvgIpc) is 4.51. The number of aryl methyl sites for hydroxylation is 3. The first-order valence-electron chi connectivity index (χ1n) is 30.6. The van der Waals surface area contributed by atoms with E-state index in [1.165, 1.54) is 136 Å². The third-order valence-corrected chi connectivity index (χ3v) is 17.8. The largest absolute Gasteiger partial charge is 0.493 e. The minimum Gasteiger partial charge on any atom is -0.493 e. The van der Waals surface area contributed by atoms with E-state index in [0.29, 0.717) is 0 Å². The van der Waals surface area contributed by atoms with Crippen LogP contribution in [0.5, 0.6) is 11.5 Å². The molecule has 3 aliphatic heterocycles. The molecule has 432 valence electrons. The van der Waals surface area contributed by atoms with Crippen LogP contribution in [0.15, 0.2) is 169 Å². The quantitative estimate of drug-likeness (QED) is 0.0454. The number of thioether (sulfide) groups is 1. The first-order chi connectivity index (χ1) is 40.5. The summed E-state index contributed by atoms with van der Waals surface area (Å²) >= 11 is 1.98. The number of nitrogens with zero attached hydrogens (tertiary/aromatic N) is 6. The number of para-hydroxylation sites is 1. The number of nitrogens with one attached hydrogen (secondary N) is 3. The lowest BCUT2D eigenvalue weighted by Crippen LogP contribution is -2.46. The fourth-order valence-corrected chi connectivity index (χ4v) is 12.9. The molecule has 0 aliphatic carbocycles. The van der Waals surface area contributed by atoms with E-state index in [2.05, 4.69) is 211 Å². The number of piperazine rings is 3. The number of rotatable bonds is 22. The van der Waals surface area contributed by atoms with E-state index >= 15 is 0 Å². The second kappa shape index (κ2) is 30.5. The van der Waals surface area contributed by atoms with Crippen molar-refractivity contribution in [2.24, 2.45) is 0 Å². The third kappa shape index (κ3) is 16.2. The molecule has 12 rings (SSSR count). The van der Waals surface area contributed by atoms with Crippen LogP contribution in [0.3, 0.4) is 0 Å². The number of benzene rings is 6. The highest BCUT2D eigenvalue weighted by Crippen LogP contribution is 2.30. The van der Waals surface area contributed by atoms with Gasteiger partial charge in [0.2, 0.25) is 0 Å². The van der Waals surface area contributed by atoms with Crippen LogP contribution >= 0.6 is 11.8 Å². The molecule has 0 bridgehead atoms. The zero-order chi connectivity index (χ0) is 56.1. The van der Waals surface area contributed by atoms with Gasteiger partial charge in [0.05, 0.1) is 13.2 Å². The smallest absolute Gasteiger partial charge is 0.122 e. The number of fused-ring (bicyclic) bond motifs is 3. The molecular weight excluding hydrogens is 1030 g/mol. The van der Waals surface area contributed by atoms with Crippen molar-refractivity contribution in [1.29, 1.82) is 0 Å². The molecule has 12 heteroatoms. The summed E-state index contributed by atoms with van der Waals surface area (Å²) in [7, 11) is 0. The molecule has 11 nitrogen and oxygen atoms in total. The Balaban J connectivity index is 0.000000138. The van der Waals surface area contributed by atoms with Gasteiger partial charge in [-0.15, -0.1) is 11.8 Å². The maximum Gasteiger partial charge on any atom is 0.122 e. The molecule has 3 fully saturated rings. The van der Waals surface area contributed by atoms with E-state index < -0.39 is 0 Å². The molecule has 0 atom stereocenters. The number of ether oxygens (including phenoxy) is 2. The summed E-state index contributed by atoms with van der Waals surface area (Å²) in [4.78, 5) is 26.7. The Labute approximate surface area is 493 Å². The molecule has 6 aromatic carbocycles. The van der Waals surface area contributed by atoms with Gasteiger partial charge in [-0.3, -0.25) is 14.7 Å². The molecule has 0 spiro atoms. The number of aromatic amines is 3. The van der Waals surface area contributed by atoms with E-state index in [-0.39, 0.29) is 0 Å². The molecule has 0 unspecified atom stereocenters. The standard InChI is InChI=1S/2C24H31N3O.C22H27N3S/c1-19-8-9-24(20(2)18-19)28-17-4-3-12-26-13-15-27(16-14-26)23-7-5-6-22-21(23)10-11-25-22;1-2-20-8-3-4-11-24(20)28-19-6-5-14-26-15-17-27(18-16-26)23-10-7-9-22-21(23)12-13-25-22;1-2-7-19(8-3-1)26-18-5-4-13-24-14-16-25(17-15-24)22-10-6-9-21-20(22)11-12-23-21/h5-11,18,25H,3-4,12-17H2,1-2H3;3-4,7-13,25H,2,5-6,14-19H2,1H3;1-3,6-12,23H,4-5,13-18H2. The Hall–Kier alpha value is -6.83. The second-order valence-electron chi connectivity index (χ2n) is 22.3. The van der Waals surface area contributed by atoms with Crippen LogP contribution in [0.25, 0.3) is 32.7 Å². The van der Waals surface area contributed by atoms with E-state index in [4.69, 9.17) is 9.47 Å². The van der Waals surface area contributed by atoms with Crippen molar-refractivity contribution in [2.45, 2.75) is 70.6 Å². The second-order valence-corrected chi connectivity index (χ2v) is 23.5. The zero-order valence-electron chi connectivity index (χ0n) is 49.2. The Bertz CT molecular complexity index is 3290. The highest BCUT2D eigenvalue weighted by molar-refractivity contribution is 7.99. The number of aromatic nitrogens is 3. The number of hydrogen-bond donors (Lipinski definition) is 3. The predicted molar refractivity (Wildman–Crippen MR) is 348 cm³/mol. The van der Waals surface area contributed by atoms with E-state index in [1.807, 2.05) is 30.4 Å². The zero-order valence-corrected chi connectivity index (χ0v) is 50.0. The minimum absolute atomic E-state index is 0.805. The van der Waals surface area contributed by atoms with Crippen LogP contribution < -0.4 is 24.2 Å². The van der Waals surface area contributed by atoms with Gasteiger partial charge in [-0.25, -0.2) is 0 Å². The highest BCUT2D eigenvalue weighted by atomic mass is 32.2. The topological polar surface area (TPSA) is 85.3 Å². The molecule has 3 aromatic heterocycles. The highest BCUT2D eigenvalue weighted by Gasteiger charge is 2.21.